The molecule has 1 aromatic carbocycles. The number of hydrogen-bond donors (Lipinski definition) is 5. The molecule has 12 nitrogen and oxygen atoms in total. The van der Waals surface area contributed by atoms with Gasteiger partial charge in [-0.25, -0.2) is 4.79 Å². The SMILES string of the molecule is BCc1ccc(NC(=O)[C@H](CCCNC(N)=O)NC(=O)C(NC(=O)CCCCCN2C(=O)CC(C(C)(C)CC)C2=O)C(C)C)cc1. The van der Waals surface area contributed by atoms with E-state index in [0.29, 0.717) is 37.9 Å². The molecule has 7 amide bonds. The van der Waals surface area contributed by atoms with Crippen LogP contribution in [0.25, 0.3) is 0 Å². The molecule has 3 atom stereocenters. The summed E-state index contributed by atoms with van der Waals surface area (Å²) in [4.78, 5) is 77.1. The highest BCUT2D eigenvalue weighted by Gasteiger charge is 2.45. The van der Waals surface area contributed by atoms with Crippen LogP contribution in [0.4, 0.5) is 10.5 Å². The van der Waals surface area contributed by atoms with Crippen LogP contribution in [0.2, 0.25) is 0 Å². The lowest BCUT2D eigenvalue weighted by atomic mass is 9.76. The zero-order chi connectivity index (χ0) is 34.4. The number of anilines is 1. The number of benzene rings is 1. The lowest BCUT2D eigenvalue weighted by molar-refractivity contribution is -0.140. The quantitative estimate of drug-likeness (QED) is 0.0879. The molecule has 2 rings (SSSR count). The van der Waals surface area contributed by atoms with Crippen LogP contribution < -0.4 is 27.0 Å². The second-order valence-corrected chi connectivity index (χ2v) is 13.1. The van der Waals surface area contributed by atoms with Gasteiger partial charge in [0, 0.05) is 31.6 Å². The summed E-state index contributed by atoms with van der Waals surface area (Å²) in [5.41, 5.74) is 6.62. The van der Waals surface area contributed by atoms with E-state index in [4.69, 9.17) is 5.73 Å². The molecular weight excluding hydrogens is 587 g/mol. The number of nitrogens with two attached hydrogens (primary N) is 1. The summed E-state index contributed by atoms with van der Waals surface area (Å²) in [7, 11) is 2.04. The second kappa shape index (κ2) is 18.3. The first-order valence-electron chi connectivity index (χ1n) is 16.6. The third kappa shape index (κ3) is 11.8. The van der Waals surface area contributed by atoms with Gasteiger partial charge in [-0.3, -0.25) is 28.9 Å². The first-order chi connectivity index (χ1) is 21.7. The number of unbranched alkanes of at least 4 members (excludes halogenated alkanes) is 2. The highest BCUT2D eigenvalue weighted by molar-refractivity contribution is 6.08. The number of likely N-dealkylation sites (tertiary alicyclic amines) is 1. The smallest absolute Gasteiger partial charge is 0.312 e. The van der Waals surface area contributed by atoms with E-state index >= 15 is 0 Å². The van der Waals surface area contributed by atoms with Gasteiger partial charge in [-0.15, -0.1) is 0 Å². The van der Waals surface area contributed by atoms with E-state index in [1.165, 1.54) is 4.90 Å². The van der Waals surface area contributed by atoms with Crippen molar-refractivity contribution >= 4 is 49.1 Å². The summed E-state index contributed by atoms with van der Waals surface area (Å²) in [5, 5.41) is 10.9. The summed E-state index contributed by atoms with van der Waals surface area (Å²) in [6.07, 6.45) is 4.51. The van der Waals surface area contributed by atoms with Crippen molar-refractivity contribution in [1.82, 2.24) is 20.9 Å². The topological polar surface area (TPSA) is 180 Å². The number of nitrogens with one attached hydrogen (secondary N) is 4. The summed E-state index contributed by atoms with van der Waals surface area (Å²) in [6, 6.07) is 4.97. The van der Waals surface area contributed by atoms with Gasteiger partial charge < -0.3 is 27.0 Å². The van der Waals surface area contributed by atoms with Crippen molar-refractivity contribution in [2.45, 2.75) is 104 Å². The van der Waals surface area contributed by atoms with Gasteiger partial charge in [0.2, 0.25) is 29.5 Å². The number of primary amides is 1. The normalized spacial score (nSPS) is 16.2. The Bertz CT molecular complexity index is 1220. The summed E-state index contributed by atoms with van der Waals surface area (Å²) in [6.45, 7) is 10.2. The molecule has 1 fully saturated rings. The van der Waals surface area contributed by atoms with Gasteiger partial charge in [-0.1, -0.05) is 71.5 Å². The van der Waals surface area contributed by atoms with E-state index in [-0.39, 0.29) is 60.8 Å². The number of rotatable bonds is 19. The highest BCUT2D eigenvalue weighted by atomic mass is 16.2. The molecule has 1 aliphatic heterocycles. The van der Waals surface area contributed by atoms with E-state index in [2.05, 4.69) is 21.3 Å². The summed E-state index contributed by atoms with van der Waals surface area (Å²) < 4.78 is 0. The predicted molar refractivity (Wildman–Crippen MR) is 180 cm³/mol. The van der Waals surface area contributed by atoms with Crippen LogP contribution in [0.1, 0.15) is 91.5 Å². The van der Waals surface area contributed by atoms with Crippen LogP contribution in [0.15, 0.2) is 24.3 Å². The minimum absolute atomic E-state index is 0.106. The maximum absolute atomic E-state index is 13.4. The van der Waals surface area contributed by atoms with Gasteiger partial charge in [-0.05, 0) is 49.1 Å². The van der Waals surface area contributed by atoms with Crippen LogP contribution in [0.5, 0.6) is 0 Å². The molecule has 254 valence electrons. The van der Waals surface area contributed by atoms with Gasteiger partial charge in [0.1, 0.15) is 19.9 Å². The van der Waals surface area contributed by atoms with Crippen LogP contribution in [-0.4, -0.2) is 73.5 Å². The average molecular weight is 641 g/mol. The predicted octanol–water partition coefficient (Wildman–Crippen LogP) is 2.20. The fourth-order valence-electron chi connectivity index (χ4n) is 5.39. The highest BCUT2D eigenvalue weighted by Crippen LogP contribution is 2.38. The molecule has 46 heavy (non-hydrogen) atoms. The number of amides is 7. The van der Waals surface area contributed by atoms with Crippen LogP contribution in [0, 0.1) is 17.3 Å². The molecule has 1 heterocycles. The van der Waals surface area contributed by atoms with E-state index in [9.17, 15) is 28.8 Å². The molecule has 1 aliphatic rings. The molecule has 0 aliphatic carbocycles. The molecule has 0 aromatic heterocycles. The van der Waals surface area contributed by atoms with Crippen molar-refractivity contribution in [1.29, 1.82) is 0 Å². The number of carbonyl (C=O) groups is 6. The number of hydrogen-bond acceptors (Lipinski definition) is 6. The van der Waals surface area contributed by atoms with Gasteiger partial charge in [0.05, 0.1) is 5.92 Å². The van der Waals surface area contributed by atoms with Gasteiger partial charge in [0.15, 0.2) is 0 Å². The molecule has 0 spiro atoms. The lowest BCUT2D eigenvalue weighted by Gasteiger charge is -2.28. The Morgan fingerprint density at radius 1 is 1.00 bits per heavy atom. The lowest BCUT2D eigenvalue weighted by Crippen LogP contribution is -2.54. The zero-order valence-corrected chi connectivity index (χ0v) is 28.4. The van der Waals surface area contributed by atoms with Crippen molar-refractivity contribution < 1.29 is 28.8 Å². The summed E-state index contributed by atoms with van der Waals surface area (Å²) >= 11 is 0. The Hall–Kier alpha value is -3.90. The maximum atomic E-state index is 13.4. The zero-order valence-electron chi connectivity index (χ0n) is 28.4. The molecule has 2 unspecified atom stereocenters. The Morgan fingerprint density at radius 2 is 1.67 bits per heavy atom. The third-order valence-corrected chi connectivity index (χ3v) is 8.88. The average Bonchev–Trinajstić information content (AvgIpc) is 3.30. The number of carbonyl (C=O) groups excluding carboxylic acids is 6. The monoisotopic (exact) mass is 640 g/mol. The maximum Gasteiger partial charge on any atom is 0.312 e. The van der Waals surface area contributed by atoms with Crippen LogP contribution in [0.3, 0.4) is 0 Å². The molecule has 0 saturated carbocycles. The van der Waals surface area contributed by atoms with Gasteiger partial charge in [0.25, 0.3) is 0 Å². The number of urea groups is 1. The van der Waals surface area contributed by atoms with E-state index in [0.717, 1.165) is 18.3 Å². The fraction of sp³-hybridized carbons (Fsp3) is 0.636. The van der Waals surface area contributed by atoms with E-state index in [1.54, 1.807) is 12.1 Å². The van der Waals surface area contributed by atoms with Crippen molar-refractivity contribution in [3.63, 3.8) is 0 Å². The first-order valence-corrected chi connectivity index (χ1v) is 16.6. The number of nitrogens with zero attached hydrogens (tertiary/aromatic N) is 1. The van der Waals surface area contributed by atoms with Crippen LogP contribution in [-0.2, 0) is 30.3 Å². The molecular formula is C33H53BN6O6. The Balaban J connectivity index is 1.91. The Labute approximate surface area is 274 Å². The van der Waals surface area contributed by atoms with E-state index in [1.807, 2.05) is 54.6 Å². The van der Waals surface area contributed by atoms with Crippen molar-refractivity contribution in [2.75, 3.05) is 18.4 Å². The summed E-state index contributed by atoms with van der Waals surface area (Å²) in [5.74, 6) is -1.97. The fourth-order valence-corrected chi connectivity index (χ4v) is 5.39. The molecule has 1 saturated heterocycles. The Kier molecular flexibility index (Phi) is 15.2. The molecule has 0 radical (unpaired) electrons. The second-order valence-electron chi connectivity index (χ2n) is 13.1. The largest absolute Gasteiger partial charge is 0.352 e. The molecule has 13 heteroatoms. The number of imide groups is 1. The minimum atomic E-state index is -0.912. The molecule has 1 aromatic rings. The molecule has 0 bridgehead atoms. The third-order valence-electron chi connectivity index (χ3n) is 8.88. The minimum Gasteiger partial charge on any atom is -0.352 e. The van der Waals surface area contributed by atoms with Crippen molar-refractivity contribution in [3.05, 3.63) is 29.8 Å². The van der Waals surface area contributed by atoms with Crippen molar-refractivity contribution in [2.24, 2.45) is 23.0 Å². The molecule has 6 N–H and O–H groups in total. The first kappa shape index (κ1) is 38.3. The standard InChI is InChI=1S/C33H53BN6O6/c1-6-33(4,5)24-19-27(42)40(31(24)45)18-9-7-8-12-26(41)39-28(21(2)3)30(44)38-25(11-10-17-36-32(35)46)29(43)37-23-15-13-22(20-34)14-16-23/h13-16,21,24-25,28H,6-12,17-20,34H2,1-5H3,(H,37,43)(H,38,44)(H,39,41)(H3,35,36,46)/t24?,25-,28?/m0/s1. The Morgan fingerprint density at radius 3 is 2.26 bits per heavy atom. The van der Waals surface area contributed by atoms with Gasteiger partial charge in [-0.2, -0.15) is 0 Å². The van der Waals surface area contributed by atoms with Gasteiger partial charge >= 0.3 is 6.03 Å². The van der Waals surface area contributed by atoms with E-state index < -0.39 is 29.9 Å². The van der Waals surface area contributed by atoms with Crippen LogP contribution >= 0.6 is 0 Å². The van der Waals surface area contributed by atoms with Crippen molar-refractivity contribution in [3.8, 4) is 0 Å².